The molecule has 1 saturated heterocycles. The third-order valence-corrected chi connectivity index (χ3v) is 3.39. The zero-order valence-electron chi connectivity index (χ0n) is 11.1. The standard InChI is InChI=1S/C13H17N5O/c1-8-6-12(16-13(14)15-8)18-5-3-4-11(18)10-7-9(2)19-17-10/h6-7,11H,3-5H2,1-2H3,(H2,14,15,16)/t11-/m1/s1. The van der Waals surface area contributed by atoms with Crippen LogP contribution in [-0.2, 0) is 0 Å². The van der Waals surface area contributed by atoms with Crippen LogP contribution in [0.2, 0.25) is 0 Å². The molecule has 0 saturated carbocycles. The highest BCUT2D eigenvalue weighted by molar-refractivity contribution is 5.46. The minimum atomic E-state index is 0.214. The first kappa shape index (κ1) is 12.0. The van der Waals surface area contributed by atoms with Crippen molar-refractivity contribution < 1.29 is 4.52 Å². The number of aryl methyl sites for hydroxylation is 2. The fourth-order valence-electron chi connectivity index (χ4n) is 2.61. The first-order chi connectivity index (χ1) is 9.13. The Balaban J connectivity index is 1.94. The molecule has 0 radical (unpaired) electrons. The normalized spacial score (nSPS) is 19.1. The molecule has 3 rings (SSSR count). The summed E-state index contributed by atoms with van der Waals surface area (Å²) >= 11 is 0. The Hall–Kier alpha value is -2.11. The van der Waals surface area contributed by atoms with Gasteiger partial charge in [-0.2, -0.15) is 4.98 Å². The maximum atomic E-state index is 5.73. The maximum Gasteiger partial charge on any atom is 0.222 e. The van der Waals surface area contributed by atoms with Gasteiger partial charge in [0.15, 0.2) is 0 Å². The highest BCUT2D eigenvalue weighted by Gasteiger charge is 2.29. The molecule has 1 aliphatic heterocycles. The SMILES string of the molecule is Cc1cc(N2CCC[C@@H]2c2cc(C)on2)nc(N)n1. The monoisotopic (exact) mass is 259 g/mol. The smallest absolute Gasteiger partial charge is 0.222 e. The minimum Gasteiger partial charge on any atom is -0.368 e. The van der Waals surface area contributed by atoms with Crippen LogP contribution >= 0.6 is 0 Å². The number of nitrogen functional groups attached to an aromatic ring is 1. The van der Waals surface area contributed by atoms with Gasteiger partial charge in [-0.05, 0) is 26.7 Å². The van der Waals surface area contributed by atoms with Crippen molar-refractivity contribution in [2.75, 3.05) is 17.2 Å². The number of hydrogen-bond donors (Lipinski definition) is 1. The zero-order chi connectivity index (χ0) is 13.4. The second-order valence-electron chi connectivity index (χ2n) is 4.94. The molecule has 0 unspecified atom stereocenters. The van der Waals surface area contributed by atoms with Gasteiger partial charge < -0.3 is 15.2 Å². The molecule has 0 amide bonds. The summed E-state index contributed by atoms with van der Waals surface area (Å²) in [7, 11) is 0. The molecule has 100 valence electrons. The summed E-state index contributed by atoms with van der Waals surface area (Å²) in [6.07, 6.45) is 2.16. The van der Waals surface area contributed by atoms with Crippen LogP contribution in [-0.4, -0.2) is 21.7 Å². The van der Waals surface area contributed by atoms with Crippen molar-refractivity contribution in [2.45, 2.75) is 32.7 Å². The van der Waals surface area contributed by atoms with E-state index in [1.165, 1.54) is 0 Å². The van der Waals surface area contributed by atoms with Gasteiger partial charge in [0.25, 0.3) is 0 Å². The Morgan fingerprint density at radius 1 is 1.32 bits per heavy atom. The number of rotatable bonds is 2. The number of nitrogens with two attached hydrogens (primary N) is 1. The topological polar surface area (TPSA) is 81.1 Å². The number of hydrogen-bond acceptors (Lipinski definition) is 6. The Kier molecular flexibility index (Phi) is 2.85. The Labute approximate surface area is 111 Å². The number of aromatic nitrogens is 3. The molecule has 1 aliphatic rings. The molecule has 0 spiro atoms. The van der Waals surface area contributed by atoms with Crippen LogP contribution in [0.1, 0.15) is 36.0 Å². The van der Waals surface area contributed by atoms with Crippen molar-refractivity contribution in [1.82, 2.24) is 15.1 Å². The van der Waals surface area contributed by atoms with Crippen molar-refractivity contribution in [3.63, 3.8) is 0 Å². The van der Waals surface area contributed by atoms with Gasteiger partial charge in [0.05, 0.1) is 6.04 Å². The van der Waals surface area contributed by atoms with E-state index in [2.05, 4.69) is 20.0 Å². The summed E-state index contributed by atoms with van der Waals surface area (Å²) in [4.78, 5) is 10.7. The van der Waals surface area contributed by atoms with Crippen LogP contribution in [0.4, 0.5) is 11.8 Å². The van der Waals surface area contributed by atoms with Gasteiger partial charge >= 0.3 is 0 Å². The molecule has 3 heterocycles. The third-order valence-electron chi connectivity index (χ3n) is 3.39. The molecular formula is C13H17N5O. The molecule has 0 bridgehead atoms. The van der Waals surface area contributed by atoms with E-state index < -0.39 is 0 Å². The van der Waals surface area contributed by atoms with Crippen LogP contribution in [0.5, 0.6) is 0 Å². The molecule has 0 aromatic carbocycles. The summed E-state index contributed by atoms with van der Waals surface area (Å²) in [5.41, 5.74) is 7.57. The fourth-order valence-corrected chi connectivity index (χ4v) is 2.61. The largest absolute Gasteiger partial charge is 0.368 e. The lowest BCUT2D eigenvalue weighted by molar-refractivity contribution is 0.385. The zero-order valence-corrected chi connectivity index (χ0v) is 11.1. The molecule has 6 nitrogen and oxygen atoms in total. The van der Waals surface area contributed by atoms with E-state index >= 15 is 0 Å². The molecule has 6 heteroatoms. The van der Waals surface area contributed by atoms with Gasteiger partial charge in [-0.3, -0.25) is 0 Å². The molecule has 2 aromatic heterocycles. The van der Waals surface area contributed by atoms with Crippen LogP contribution in [0, 0.1) is 13.8 Å². The highest BCUT2D eigenvalue weighted by Crippen LogP contribution is 2.35. The van der Waals surface area contributed by atoms with Gasteiger partial charge in [-0.25, -0.2) is 4.98 Å². The number of nitrogens with zero attached hydrogens (tertiary/aromatic N) is 4. The average molecular weight is 259 g/mol. The maximum absolute atomic E-state index is 5.73. The fraction of sp³-hybridized carbons (Fsp3) is 0.462. The van der Waals surface area contributed by atoms with Crippen molar-refractivity contribution >= 4 is 11.8 Å². The third kappa shape index (κ3) is 2.25. The molecule has 0 aliphatic carbocycles. The predicted octanol–water partition coefficient (Wildman–Crippen LogP) is 2.01. The van der Waals surface area contributed by atoms with Crippen molar-refractivity contribution in [3.05, 3.63) is 29.3 Å². The van der Waals surface area contributed by atoms with E-state index in [0.717, 1.165) is 42.4 Å². The summed E-state index contributed by atoms with van der Waals surface area (Å²) in [5, 5.41) is 4.13. The van der Waals surface area contributed by atoms with E-state index in [1.807, 2.05) is 26.0 Å². The average Bonchev–Trinajstić information content (AvgIpc) is 2.95. The van der Waals surface area contributed by atoms with Crippen LogP contribution < -0.4 is 10.6 Å². The Morgan fingerprint density at radius 2 is 2.16 bits per heavy atom. The van der Waals surface area contributed by atoms with Crippen molar-refractivity contribution in [1.29, 1.82) is 0 Å². The molecule has 2 aromatic rings. The van der Waals surface area contributed by atoms with E-state index in [0.29, 0.717) is 5.95 Å². The van der Waals surface area contributed by atoms with Crippen LogP contribution in [0.3, 0.4) is 0 Å². The highest BCUT2D eigenvalue weighted by atomic mass is 16.5. The van der Waals surface area contributed by atoms with E-state index in [9.17, 15) is 0 Å². The molecular weight excluding hydrogens is 242 g/mol. The van der Waals surface area contributed by atoms with Gasteiger partial charge in [0, 0.05) is 24.4 Å². The summed E-state index contributed by atoms with van der Waals surface area (Å²) in [5.74, 6) is 2.02. The second kappa shape index (κ2) is 4.53. The molecule has 19 heavy (non-hydrogen) atoms. The van der Waals surface area contributed by atoms with E-state index in [1.54, 1.807) is 0 Å². The summed E-state index contributed by atoms with van der Waals surface area (Å²) < 4.78 is 5.17. The molecule has 1 fully saturated rings. The van der Waals surface area contributed by atoms with E-state index in [-0.39, 0.29) is 6.04 Å². The summed E-state index contributed by atoms with van der Waals surface area (Å²) in [6.45, 7) is 4.78. The second-order valence-corrected chi connectivity index (χ2v) is 4.94. The van der Waals surface area contributed by atoms with E-state index in [4.69, 9.17) is 10.3 Å². The number of anilines is 2. The lowest BCUT2D eigenvalue weighted by Crippen LogP contribution is -2.24. The van der Waals surface area contributed by atoms with Gasteiger partial charge in [0.1, 0.15) is 17.3 Å². The van der Waals surface area contributed by atoms with Gasteiger partial charge in [-0.15, -0.1) is 0 Å². The predicted molar refractivity (Wildman–Crippen MR) is 71.7 cm³/mol. The quantitative estimate of drug-likeness (QED) is 0.888. The summed E-state index contributed by atoms with van der Waals surface area (Å²) in [6, 6.07) is 4.16. The Morgan fingerprint density at radius 3 is 2.84 bits per heavy atom. The lowest BCUT2D eigenvalue weighted by atomic mass is 10.1. The van der Waals surface area contributed by atoms with Gasteiger partial charge in [0.2, 0.25) is 5.95 Å². The molecule has 1 atom stereocenters. The first-order valence-electron chi connectivity index (χ1n) is 6.44. The van der Waals surface area contributed by atoms with Crippen molar-refractivity contribution in [2.24, 2.45) is 0 Å². The van der Waals surface area contributed by atoms with Crippen LogP contribution in [0.25, 0.3) is 0 Å². The lowest BCUT2D eigenvalue weighted by Gasteiger charge is -2.24. The Bertz CT molecular complexity index is 574. The molecule has 2 N–H and O–H groups in total. The first-order valence-corrected chi connectivity index (χ1v) is 6.44. The van der Waals surface area contributed by atoms with Crippen molar-refractivity contribution in [3.8, 4) is 0 Å². The minimum absolute atomic E-state index is 0.214. The van der Waals surface area contributed by atoms with Crippen LogP contribution in [0.15, 0.2) is 16.7 Å². The van der Waals surface area contributed by atoms with Gasteiger partial charge in [-0.1, -0.05) is 5.16 Å².